The predicted octanol–water partition coefficient (Wildman–Crippen LogP) is 4.28. The first-order valence-electron chi connectivity index (χ1n) is 11.1. The quantitative estimate of drug-likeness (QED) is 0.489. The molecule has 35 heavy (non-hydrogen) atoms. The minimum Gasteiger partial charge on any atom is -0.497 e. The van der Waals surface area contributed by atoms with Crippen molar-refractivity contribution in [3.63, 3.8) is 0 Å². The van der Waals surface area contributed by atoms with Crippen molar-refractivity contribution in [2.45, 2.75) is 25.2 Å². The zero-order chi connectivity index (χ0) is 25.3. The number of halogens is 1. The van der Waals surface area contributed by atoms with Crippen molar-refractivity contribution in [2.75, 3.05) is 21.3 Å². The maximum Gasteiger partial charge on any atom is 0.336 e. The first kappa shape index (κ1) is 24.5. The molecule has 1 N–H and O–H groups in total. The Labute approximate surface area is 208 Å². The first-order valence-corrected chi connectivity index (χ1v) is 11.5. The Morgan fingerprint density at radius 3 is 2.14 bits per heavy atom. The van der Waals surface area contributed by atoms with Gasteiger partial charge in [-0.1, -0.05) is 35.9 Å². The second kappa shape index (κ2) is 9.96. The van der Waals surface area contributed by atoms with Gasteiger partial charge in [-0.3, -0.25) is 9.59 Å². The zero-order valence-corrected chi connectivity index (χ0v) is 20.6. The number of Topliss-reactive ketones (excluding diaryl/α,β-unsaturated/α-hetero) is 1. The molecule has 1 heterocycles. The maximum absolute atomic E-state index is 14.1. The third-order valence-electron chi connectivity index (χ3n) is 6.63. The molecule has 0 fully saturated rings. The number of hydrogen-bond acceptors (Lipinski definition) is 7. The minimum absolute atomic E-state index is 0.313. The van der Waals surface area contributed by atoms with Crippen molar-refractivity contribution in [3.05, 3.63) is 87.2 Å². The number of methoxy groups -OCH3 is 3. The SMILES string of the molecule is COC(=O)C1=C(C)NC2=C(C(=O)[C@@H](C(=O)OC)[C@H](c3ccc(OC)cc3)C2)[C@@H]1c1ccc(Cl)cc1. The van der Waals surface area contributed by atoms with E-state index in [-0.39, 0.29) is 5.78 Å². The summed E-state index contributed by atoms with van der Waals surface area (Å²) in [7, 11) is 4.14. The molecule has 0 amide bonds. The summed E-state index contributed by atoms with van der Waals surface area (Å²) in [6.45, 7) is 1.78. The number of esters is 2. The van der Waals surface area contributed by atoms with E-state index in [1.807, 2.05) is 12.1 Å². The molecule has 3 atom stereocenters. The normalized spacial score (nSPS) is 21.7. The highest BCUT2D eigenvalue weighted by atomic mass is 35.5. The number of hydrogen-bond donors (Lipinski definition) is 1. The van der Waals surface area contributed by atoms with Gasteiger partial charge in [0.1, 0.15) is 11.7 Å². The fourth-order valence-electron chi connectivity index (χ4n) is 4.97. The van der Waals surface area contributed by atoms with Crippen LogP contribution in [0.2, 0.25) is 5.02 Å². The van der Waals surface area contributed by atoms with Crippen LogP contribution in [-0.2, 0) is 23.9 Å². The van der Waals surface area contributed by atoms with Crippen molar-refractivity contribution in [2.24, 2.45) is 5.92 Å². The molecular weight excluding hydrogens is 470 g/mol. The van der Waals surface area contributed by atoms with Crippen LogP contribution < -0.4 is 10.1 Å². The molecule has 8 heteroatoms. The predicted molar refractivity (Wildman–Crippen MR) is 130 cm³/mol. The summed E-state index contributed by atoms with van der Waals surface area (Å²) in [5, 5.41) is 3.79. The van der Waals surface area contributed by atoms with Crippen LogP contribution in [0.3, 0.4) is 0 Å². The molecule has 0 bridgehead atoms. The second-order valence-corrected chi connectivity index (χ2v) is 8.92. The van der Waals surface area contributed by atoms with Crippen molar-refractivity contribution < 1.29 is 28.6 Å². The first-order chi connectivity index (χ1) is 16.8. The Bertz CT molecular complexity index is 1230. The van der Waals surface area contributed by atoms with Crippen LogP contribution >= 0.6 is 11.6 Å². The van der Waals surface area contributed by atoms with Crippen molar-refractivity contribution in [3.8, 4) is 5.75 Å². The van der Waals surface area contributed by atoms with Gasteiger partial charge in [-0.2, -0.15) is 0 Å². The fraction of sp³-hybridized carbons (Fsp3) is 0.296. The third-order valence-corrected chi connectivity index (χ3v) is 6.88. The highest BCUT2D eigenvalue weighted by molar-refractivity contribution is 6.30. The van der Waals surface area contributed by atoms with Crippen LogP contribution in [0.5, 0.6) is 5.75 Å². The molecule has 0 spiro atoms. The smallest absolute Gasteiger partial charge is 0.336 e. The van der Waals surface area contributed by atoms with Gasteiger partial charge in [0.15, 0.2) is 5.78 Å². The molecule has 2 aromatic carbocycles. The van der Waals surface area contributed by atoms with Crippen molar-refractivity contribution in [1.29, 1.82) is 0 Å². The van der Waals surface area contributed by atoms with E-state index < -0.39 is 29.7 Å². The van der Waals surface area contributed by atoms with E-state index in [0.717, 1.165) is 5.56 Å². The molecular formula is C27H26ClNO6. The van der Waals surface area contributed by atoms with E-state index in [9.17, 15) is 14.4 Å². The molecule has 1 aliphatic heterocycles. The number of ether oxygens (including phenoxy) is 3. The average Bonchev–Trinajstić information content (AvgIpc) is 2.87. The van der Waals surface area contributed by atoms with Crippen LogP contribution in [0.4, 0.5) is 0 Å². The number of nitrogens with one attached hydrogen (secondary N) is 1. The van der Waals surface area contributed by atoms with Gasteiger partial charge in [-0.15, -0.1) is 0 Å². The minimum atomic E-state index is -1.07. The van der Waals surface area contributed by atoms with E-state index in [2.05, 4.69) is 5.32 Å². The van der Waals surface area contributed by atoms with Gasteiger partial charge in [-0.25, -0.2) is 4.79 Å². The van der Waals surface area contributed by atoms with Crippen LogP contribution in [0.15, 0.2) is 71.1 Å². The summed E-state index contributed by atoms with van der Waals surface area (Å²) >= 11 is 6.10. The van der Waals surface area contributed by atoms with E-state index in [1.54, 1.807) is 50.4 Å². The lowest BCUT2D eigenvalue weighted by atomic mass is 9.67. The summed E-state index contributed by atoms with van der Waals surface area (Å²) in [4.78, 5) is 39.9. The molecule has 1 aliphatic carbocycles. The van der Waals surface area contributed by atoms with E-state index >= 15 is 0 Å². The lowest BCUT2D eigenvalue weighted by molar-refractivity contribution is -0.150. The number of dihydropyridines is 1. The Morgan fingerprint density at radius 2 is 1.57 bits per heavy atom. The van der Waals surface area contributed by atoms with E-state index in [1.165, 1.54) is 14.2 Å². The van der Waals surface area contributed by atoms with Crippen LogP contribution in [0, 0.1) is 5.92 Å². The fourth-order valence-corrected chi connectivity index (χ4v) is 5.09. The summed E-state index contributed by atoms with van der Waals surface area (Å²) < 4.78 is 15.4. The standard InChI is InChI=1S/C27H26ClNO6/c1-14-21(26(31)34-3)22(16-5-9-17(28)10-6-16)24-20(29-14)13-19(23(25(24)30)27(32)35-4)15-7-11-18(33-2)12-8-15/h5-12,19,22-23,29H,13H2,1-4H3/t19-,22+,23-/m0/s1. The number of ketones is 1. The lowest BCUT2D eigenvalue weighted by Crippen LogP contribution is -2.43. The van der Waals surface area contributed by atoms with E-state index in [4.69, 9.17) is 25.8 Å². The molecule has 0 saturated heterocycles. The van der Waals surface area contributed by atoms with E-state index in [0.29, 0.717) is 45.3 Å². The molecule has 0 unspecified atom stereocenters. The summed E-state index contributed by atoms with van der Waals surface area (Å²) in [6, 6.07) is 14.2. The highest BCUT2D eigenvalue weighted by Gasteiger charge is 2.48. The van der Waals surface area contributed by atoms with Gasteiger partial charge in [0.2, 0.25) is 0 Å². The Balaban J connectivity index is 1.88. The van der Waals surface area contributed by atoms with Crippen molar-refractivity contribution in [1.82, 2.24) is 5.32 Å². The third kappa shape index (κ3) is 4.44. The summed E-state index contributed by atoms with van der Waals surface area (Å²) in [6.07, 6.45) is 0.378. The largest absolute Gasteiger partial charge is 0.497 e. The van der Waals surface area contributed by atoms with Gasteiger partial charge in [0.25, 0.3) is 0 Å². The monoisotopic (exact) mass is 495 g/mol. The van der Waals surface area contributed by atoms with Crippen LogP contribution in [0.1, 0.15) is 36.3 Å². The van der Waals surface area contributed by atoms with Gasteiger partial charge in [-0.05, 0) is 48.7 Å². The highest BCUT2D eigenvalue weighted by Crippen LogP contribution is 2.48. The van der Waals surface area contributed by atoms with Gasteiger partial charge in [0.05, 0.1) is 26.9 Å². The number of carbonyl (C=O) groups is 3. The molecule has 0 saturated carbocycles. The number of carbonyl (C=O) groups excluding carboxylic acids is 3. The molecule has 182 valence electrons. The van der Waals surface area contributed by atoms with Gasteiger partial charge >= 0.3 is 11.9 Å². The van der Waals surface area contributed by atoms with Crippen LogP contribution in [0.25, 0.3) is 0 Å². The number of rotatable bonds is 5. The molecule has 7 nitrogen and oxygen atoms in total. The maximum atomic E-state index is 14.1. The second-order valence-electron chi connectivity index (χ2n) is 8.48. The summed E-state index contributed by atoms with van der Waals surface area (Å²) in [5.74, 6) is -3.13. The Morgan fingerprint density at radius 1 is 0.943 bits per heavy atom. The molecule has 0 radical (unpaired) electrons. The Kier molecular flexibility index (Phi) is 6.98. The van der Waals surface area contributed by atoms with Crippen molar-refractivity contribution >= 4 is 29.3 Å². The van der Waals surface area contributed by atoms with Gasteiger partial charge < -0.3 is 19.5 Å². The molecule has 0 aromatic heterocycles. The van der Waals surface area contributed by atoms with Crippen LogP contribution in [-0.4, -0.2) is 39.1 Å². The summed E-state index contributed by atoms with van der Waals surface area (Å²) in [5.41, 5.74) is 3.44. The molecule has 2 aliphatic rings. The average molecular weight is 496 g/mol. The zero-order valence-electron chi connectivity index (χ0n) is 19.9. The lowest BCUT2D eigenvalue weighted by Gasteiger charge is -2.39. The Hall–Kier alpha value is -3.58. The van der Waals surface area contributed by atoms with Gasteiger partial charge in [0, 0.05) is 33.8 Å². The molecule has 4 rings (SSSR count). The number of allylic oxidation sites excluding steroid dienone is 3. The topological polar surface area (TPSA) is 90.9 Å². The molecule has 2 aromatic rings. The number of benzene rings is 2.